The van der Waals surface area contributed by atoms with E-state index in [1.165, 1.54) is 10.4 Å². The number of ether oxygens (including phenoxy) is 2. The minimum atomic E-state index is -3.65. The molecule has 4 rings (SSSR count). The average molecular weight is 509 g/mol. The molecule has 0 radical (unpaired) electrons. The zero-order chi connectivity index (χ0) is 25.2. The molecule has 2 aromatic carbocycles. The van der Waals surface area contributed by atoms with Crippen LogP contribution in [0.25, 0.3) is 0 Å². The number of nitrogens with zero attached hydrogens (tertiary/aromatic N) is 2. The smallest absolute Gasteiger partial charge is 0.243 e. The molecule has 0 bridgehead atoms. The Morgan fingerprint density at radius 3 is 2.54 bits per heavy atom. The Morgan fingerprint density at radius 2 is 1.83 bits per heavy atom. The Bertz CT molecular complexity index is 1190. The fraction of sp³-hybridized carbons (Fsp3) is 0.480. The molecule has 2 aliphatic heterocycles. The Kier molecular flexibility index (Phi) is 7.32. The number of benzene rings is 2. The summed E-state index contributed by atoms with van der Waals surface area (Å²) in [7, 11) is -3.65. The van der Waals surface area contributed by atoms with Crippen LogP contribution >= 0.6 is 0 Å². The zero-order valence-electron chi connectivity index (χ0n) is 19.9. The van der Waals surface area contributed by atoms with E-state index in [0.717, 1.165) is 23.4 Å². The van der Waals surface area contributed by atoms with Crippen LogP contribution in [0.15, 0.2) is 41.3 Å². The van der Waals surface area contributed by atoms with Gasteiger partial charge in [-0.1, -0.05) is 13.8 Å². The molecule has 35 heavy (non-hydrogen) atoms. The van der Waals surface area contributed by atoms with E-state index in [2.05, 4.69) is 0 Å². The molecule has 7 nitrogen and oxygen atoms in total. The molecule has 190 valence electrons. The van der Waals surface area contributed by atoms with Gasteiger partial charge < -0.3 is 14.4 Å². The van der Waals surface area contributed by atoms with Crippen molar-refractivity contribution in [3.8, 4) is 11.5 Å². The predicted octanol–water partition coefficient (Wildman–Crippen LogP) is 3.62. The van der Waals surface area contributed by atoms with Crippen molar-refractivity contribution in [1.82, 2.24) is 9.21 Å². The summed E-state index contributed by atoms with van der Waals surface area (Å²) >= 11 is 0. The van der Waals surface area contributed by atoms with E-state index < -0.39 is 27.1 Å². The molecule has 0 unspecified atom stereocenters. The standard InChI is InChI=1S/C25H30F2N2O5S/c1-25(2,9-3-14-33-23-6-4-19(26)17-21(23)27)24(30)28-10-12-29(13-11-28)35(31,32)20-5-7-22-18(16-20)8-15-34-22/h4-7,16-17H,3,8-15H2,1-2H3. The number of amides is 1. The Balaban J connectivity index is 1.28. The monoisotopic (exact) mass is 508 g/mol. The molecule has 2 heterocycles. The van der Waals surface area contributed by atoms with Crippen LogP contribution in [-0.4, -0.2) is 62.9 Å². The van der Waals surface area contributed by atoms with Gasteiger partial charge in [0.05, 0.1) is 18.1 Å². The predicted molar refractivity (Wildman–Crippen MR) is 126 cm³/mol. The molecule has 0 aliphatic carbocycles. The van der Waals surface area contributed by atoms with E-state index in [9.17, 15) is 22.0 Å². The highest BCUT2D eigenvalue weighted by Gasteiger charge is 2.36. The summed E-state index contributed by atoms with van der Waals surface area (Å²) in [6.07, 6.45) is 1.70. The normalized spacial score (nSPS) is 16.6. The summed E-state index contributed by atoms with van der Waals surface area (Å²) in [5, 5.41) is 0. The number of hydrogen-bond donors (Lipinski definition) is 0. The van der Waals surface area contributed by atoms with Gasteiger partial charge in [-0.15, -0.1) is 0 Å². The molecule has 1 amide bonds. The molecular formula is C25H30F2N2O5S. The maximum atomic E-state index is 13.7. The third kappa shape index (κ3) is 5.59. The van der Waals surface area contributed by atoms with Gasteiger partial charge in [-0.05, 0) is 48.7 Å². The second kappa shape index (κ2) is 10.1. The van der Waals surface area contributed by atoms with Crippen molar-refractivity contribution in [1.29, 1.82) is 0 Å². The first kappa shape index (κ1) is 25.4. The zero-order valence-corrected chi connectivity index (χ0v) is 20.7. The summed E-state index contributed by atoms with van der Waals surface area (Å²) < 4.78 is 65.2. The van der Waals surface area contributed by atoms with E-state index in [0.29, 0.717) is 39.0 Å². The Labute approximate surface area is 204 Å². The average Bonchev–Trinajstić information content (AvgIpc) is 3.30. The van der Waals surface area contributed by atoms with Crippen LogP contribution in [0.5, 0.6) is 11.5 Å². The van der Waals surface area contributed by atoms with Gasteiger partial charge in [0.15, 0.2) is 11.6 Å². The first-order valence-corrected chi connectivity index (χ1v) is 13.1. The van der Waals surface area contributed by atoms with Gasteiger partial charge >= 0.3 is 0 Å². The van der Waals surface area contributed by atoms with Crippen molar-refractivity contribution in [2.75, 3.05) is 39.4 Å². The highest BCUT2D eigenvalue weighted by atomic mass is 32.2. The van der Waals surface area contributed by atoms with E-state index in [-0.39, 0.29) is 36.2 Å². The lowest BCUT2D eigenvalue weighted by molar-refractivity contribution is -0.142. The third-order valence-corrected chi connectivity index (χ3v) is 8.40. The topological polar surface area (TPSA) is 76.2 Å². The van der Waals surface area contributed by atoms with Crippen LogP contribution < -0.4 is 9.47 Å². The van der Waals surface area contributed by atoms with Crippen LogP contribution in [0, 0.1) is 17.0 Å². The quantitative estimate of drug-likeness (QED) is 0.509. The lowest BCUT2D eigenvalue weighted by Crippen LogP contribution is -2.53. The molecule has 0 saturated carbocycles. The Morgan fingerprint density at radius 1 is 1.09 bits per heavy atom. The van der Waals surface area contributed by atoms with Crippen molar-refractivity contribution in [3.63, 3.8) is 0 Å². The fourth-order valence-electron chi connectivity index (χ4n) is 4.43. The second-order valence-corrected chi connectivity index (χ2v) is 11.4. The van der Waals surface area contributed by atoms with Gasteiger partial charge in [0.1, 0.15) is 11.6 Å². The highest BCUT2D eigenvalue weighted by Crippen LogP contribution is 2.30. The first-order chi connectivity index (χ1) is 16.6. The number of carbonyl (C=O) groups is 1. The van der Waals surface area contributed by atoms with E-state index in [4.69, 9.17) is 9.47 Å². The van der Waals surface area contributed by atoms with Gasteiger partial charge in [-0.3, -0.25) is 4.79 Å². The maximum absolute atomic E-state index is 13.7. The van der Waals surface area contributed by atoms with Crippen molar-refractivity contribution in [3.05, 3.63) is 53.6 Å². The molecule has 0 spiro atoms. The minimum Gasteiger partial charge on any atom is -0.493 e. The summed E-state index contributed by atoms with van der Waals surface area (Å²) in [4.78, 5) is 15.1. The van der Waals surface area contributed by atoms with Crippen molar-refractivity contribution < 1.29 is 31.5 Å². The van der Waals surface area contributed by atoms with Gasteiger partial charge in [0.2, 0.25) is 15.9 Å². The first-order valence-electron chi connectivity index (χ1n) is 11.7. The SMILES string of the molecule is CC(C)(CCCOc1ccc(F)cc1F)C(=O)N1CCN(S(=O)(=O)c2ccc3c(c2)CCO3)CC1. The van der Waals surface area contributed by atoms with E-state index in [1.807, 2.05) is 13.8 Å². The van der Waals surface area contributed by atoms with Gasteiger partial charge in [0.25, 0.3) is 0 Å². The van der Waals surface area contributed by atoms with Crippen LogP contribution in [0.1, 0.15) is 32.3 Å². The number of sulfonamides is 1. The van der Waals surface area contributed by atoms with Crippen molar-refractivity contribution in [2.24, 2.45) is 5.41 Å². The summed E-state index contributed by atoms with van der Waals surface area (Å²) in [5.41, 5.74) is 0.207. The molecule has 0 N–H and O–H groups in total. The molecule has 0 aromatic heterocycles. The number of carbonyl (C=O) groups excluding carboxylic acids is 1. The van der Waals surface area contributed by atoms with Gasteiger partial charge in [0, 0.05) is 44.1 Å². The number of hydrogen-bond acceptors (Lipinski definition) is 5. The van der Waals surface area contributed by atoms with Crippen LogP contribution in [0.2, 0.25) is 0 Å². The number of halogens is 2. The molecule has 10 heteroatoms. The molecular weight excluding hydrogens is 478 g/mol. The van der Waals surface area contributed by atoms with Gasteiger partial charge in [-0.25, -0.2) is 17.2 Å². The van der Waals surface area contributed by atoms with Gasteiger partial charge in [-0.2, -0.15) is 4.31 Å². The maximum Gasteiger partial charge on any atom is 0.243 e. The van der Waals surface area contributed by atoms with Crippen LogP contribution in [-0.2, 0) is 21.2 Å². The van der Waals surface area contributed by atoms with Crippen LogP contribution in [0.3, 0.4) is 0 Å². The molecule has 2 aliphatic rings. The minimum absolute atomic E-state index is 0.0243. The molecule has 1 fully saturated rings. The molecule has 0 atom stereocenters. The highest BCUT2D eigenvalue weighted by molar-refractivity contribution is 7.89. The summed E-state index contributed by atoms with van der Waals surface area (Å²) in [6, 6.07) is 8.08. The molecule has 2 aromatic rings. The summed E-state index contributed by atoms with van der Waals surface area (Å²) in [6.45, 7) is 5.50. The second-order valence-electron chi connectivity index (χ2n) is 9.47. The fourth-order valence-corrected chi connectivity index (χ4v) is 5.90. The van der Waals surface area contributed by atoms with Crippen LogP contribution in [0.4, 0.5) is 8.78 Å². The lowest BCUT2D eigenvalue weighted by Gasteiger charge is -2.38. The van der Waals surface area contributed by atoms with Crippen molar-refractivity contribution >= 4 is 15.9 Å². The summed E-state index contributed by atoms with van der Waals surface area (Å²) in [5.74, 6) is -0.784. The number of fused-ring (bicyclic) bond motifs is 1. The van der Waals surface area contributed by atoms with E-state index in [1.54, 1.807) is 23.1 Å². The van der Waals surface area contributed by atoms with E-state index >= 15 is 0 Å². The van der Waals surface area contributed by atoms with Crippen molar-refractivity contribution in [2.45, 2.75) is 38.0 Å². The Hall–Kier alpha value is -2.72. The number of piperazine rings is 1. The third-order valence-electron chi connectivity index (χ3n) is 6.50. The lowest BCUT2D eigenvalue weighted by atomic mass is 9.86. The number of rotatable bonds is 8. The largest absolute Gasteiger partial charge is 0.493 e. The molecule has 1 saturated heterocycles.